The fourth-order valence-corrected chi connectivity index (χ4v) is 3.42. The number of alkyl halides is 3. The molecule has 166 valence electrons. The second-order valence-electron chi connectivity index (χ2n) is 7.57. The molecule has 0 radical (unpaired) electrons. The predicted molar refractivity (Wildman–Crippen MR) is 96.3 cm³/mol. The Bertz CT molecular complexity index is 790. The number of hydrogen-bond acceptors (Lipinski definition) is 5. The number of carbonyl (C=O) groups excluding carboxylic acids is 1. The molecule has 3 heterocycles. The largest absolute Gasteiger partial charge is 0.490 e. The lowest BCUT2D eigenvalue weighted by Gasteiger charge is -2.23. The number of urea groups is 1. The molecule has 0 bridgehead atoms. The van der Waals surface area contributed by atoms with Gasteiger partial charge in [0.15, 0.2) is 11.6 Å². The third-order valence-electron chi connectivity index (χ3n) is 5.06. The van der Waals surface area contributed by atoms with Gasteiger partial charge in [-0.15, -0.1) is 0 Å². The smallest absolute Gasteiger partial charge is 0.475 e. The van der Waals surface area contributed by atoms with E-state index in [1.807, 2.05) is 4.90 Å². The van der Waals surface area contributed by atoms with Gasteiger partial charge in [-0.25, -0.2) is 19.0 Å². The molecule has 2 aliphatic heterocycles. The molecule has 3 N–H and O–H groups in total. The molecule has 3 aliphatic rings. The van der Waals surface area contributed by atoms with Gasteiger partial charge in [0.05, 0.1) is 24.8 Å². The lowest BCUT2D eigenvalue weighted by Crippen LogP contribution is -2.42. The van der Waals surface area contributed by atoms with Crippen LogP contribution in [0.3, 0.4) is 0 Å². The van der Waals surface area contributed by atoms with Gasteiger partial charge in [-0.3, -0.25) is 0 Å². The first kappa shape index (κ1) is 22.1. The lowest BCUT2D eigenvalue weighted by molar-refractivity contribution is -0.192. The number of rotatable bonds is 3. The molecule has 8 nitrogen and oxygen atoms in total. The molecular formula is C18H22F4N4O4. The molecular weight excluding hydrogens is 412 g/mol. The number of nitrogens with one attached hydrogen (secondary N) is 2. The maximum absolute atomic E-state index is 13.7. The van der Waals surface area contributed by atoms with Crippen molar-refractivity contribution in [1.29, 1.82) is 0 Å². The van der Waals surface area contributed by atoms with Crippen LogP contribution in [0.2, 0.25) is 0 Å². The summed E-state index contributed by atoms with van der Waals surface area (Å²) in [5, 5.41) is 13.3. The van der Waals surface area contributed by atoms with E-state index in [4.69, 9.17) is 14.6 Å². The standard InChI is InChI=1S/C16H21FN4O2.C2HF3O2/c17-13-2-1-6-18-14(13)19-12-8-16(23-9-12)5-7-21(10-16)15(22)20-11-3-4-11;3-2(4,5)1(6)7/h1-2,6,11-12H,3-5,7-10H2,(H,18,19)(H,20,22);(H,6,7). The van der Waals surface area contributed by atoms with Crippen molar-refractivity contribution in [1.82, 2.24) is 15.2 Å². The molecule has 2 unspecified atom stereocenters. The topological polar surface area (TPSA) is 104 Å². The molecule has 12 heteroatoms. The highest BCUT2D eigenvalue weighted by Crippen LogP contribution is 2.36. The van der Waals surface area contributed by atoms with E-state index >= 15 is 0 Å². The van der Waals surface area contributed by atoms with Crippen LogP contribution in [-0.2, 0) is 9.53 Å². The summed E-state index contributed by atoms with van der Waals surface area (Å²) in [5.74, 6) is -2.85. The summed E-state index contributed by atoms with van der Waals surface area (Å²) in [6.45, 7) is 1.83. The Kier molecular flexibility index (Phi) is 6.34. The monoisotopic (exact) mass is 434 g/mol. The van der Waals surface area contributed by atoms with Crippen LogP contribution in [0.25, 0.3) is 0 Å². The van der Waals surface area contributed by atoms with Crippen molar-refractivity contribution < 1.29 is 37.0 Å². The van der Waals surface area contributed by atoms with Crippen LogP contribution in [-0.4, -0.2) is 70.5 Å². The van der Waals surface area contributed by atoms with E-state index in [1.54, 1.807) is 12.3 Å². The number of halogens is 4. The van der Waals surface area contributed by atoms with Gasteiger partial charge in [0.25, 0.3) is 0 Å². The molecule has 30 heavy (non-hydrogen) atoms. The van der Waals surface area contributed by atoms with Crippen LogP contribution in [0.1, 0.15) is 25.7 Å². The number of carboxylic acid groups (broad SMARTS) is 1. The number of aliphatic carboxylic acids is 1. The maximum atomic E-state index is 13.7. The Balaban J connectivity index is 0.000000318. The summed E-state index contributed by atoms with van der Waals surface area (Å²) in [6, 6.07) is 3.36. The number of ether oxygens (including phenoxy) is 1. The number of carboxylic acids is 1. The van der Waals surface area contributed by atoms with Gasteiger partial charge in [0.1, 0.15) is 0 Å². The van der Waals surface area contributed by atoms with Gasteiger partial charge in [-0.2, -0.15) is 13.2 Å². The molecule has 2 atom stereocenters. The fraction of sp³-hybridized carbons (Fsp3) is 0.611. The molecule has 1 aromatic rings. The lowest BCUT2D eigenvalue weighted by atomic mass is 9.97. The minimum absolute atomic E-state index is 0.0140. The van der Waals surface area contributed by atoms with E-state index in [0.717, 1.165) is 25.7 Å². The number of likely N-dealkylation sites (tertiary alicyclic amines) is 1. The predicted octanol–water partition coefficient (Wildman–Crippen LogP) is 2.37. The zero-order valence-corrected chi connectivity index (χ0v) is 15.9. The summed E-state index contributed by atoms with van der Waals surface area (Å²) in [5.41, 5.74) is -0.302. The third kappa shape index (κ3) is 5.71. The normalized spacial score (nSPS) is 25.6. The van der Waals surface area contributed by atoms with Crippen LogP contribution < -0.4 is 10.6 Å². The second-order valence-corrected chi connectivity index (χ2v) is 7.57. The van der Waals surface area contributed by atoms with E-state index in [0.29, 0.717) is 25.7 Å². The van der Waals surface area contributed by atoms with E-state index in [-0.39, 0.29) is 29.3 Å². The minimum Gasteiger partial charge on any atom is -0.475 e. The van der Waals surface area contributed by atoms with Gasteiger partial charge in [-0.1, -0.05) is 0 Å². The number of aromatic nitrogens is 1. The van der Waals surface area contributed by atoms with E-state index in [9.17, 15) is 22.4 Å². The minimum atomic E-state index is -5.08. The van der Waals surface area contributed by atoms with Crippen LogP contribution in [0.4, 0.5) is 28.2 Å². The number of nitrogens with zero attached hydrogens (tertiary/aromatic N) is 2. The van der Waals surface area contributed by atoms with E-state index < -0.39 is 12.1 Å². The first-order valence-electron chi connectivity index (χ1n) is 9.44. The van der Waals surface area contributed by atoms with Crippen molar-refractivity contribution in [2.24, 2.45) is 0 Å². The van der Waals surface area contributed by atoms with Gasteiger partial charge in [0, 0.05) is 25.2 Å². The summed E-state index contributed by atoms with van der Waals surface area (Å²) >= 11 is 0. The van der Waals surface area contributed by atoms with Crippen LogP contribution in [0.5, 0.6) is 0 Å². The SMILES string of the molecule is O=C(NC1CC1)N1CCC2(CC(Nc3ncccc3F)CO2)C1.O=C(O)C(F)(F)F. The molecule has 4 rings (SSSR count). The molecule has 1 spiro atoms. The quantitative estimate of drug-likeness (QED) is 0.632. The molecule has 2 saturated heterocycles. The zero-order chi connectivity index (χ0) is 21.9. The van der Waals surface area contributed by atoms with Crippen LogP contribution in [0, 0.1) is 5.82 Å². The summed E-state index contributed by atoms with van der Waals surface area (Å²) in [6.07, 6.45) is 0.242. The molecule has 1 aromatic heterocycles. The highest BCUT2D eigenvalue weighted by molar-refractivity contribution is 5.75. The van der Waals surface area contributed by atoms with Crippen molar-refractivity contribution in [2.75, 3.05) is 25.0 Å². The molecule has 0 aromatic carbocycles. The Morgan fingerprint density at radius 2 is 2.00 bits per heavy atom. The van der Waals surface area contributed by atoms with E-state index in [1.165, 1.54) is 6.07 Å². The average Bonchev–Trinajstić information content (AvgIpc) is 3.25. The number of anilines is 1. The Morgan fingerprint density at radius 1 is 1.30 bits per heavy atom. The first-order valence-corrected chi connectivity index (χ1v) is 9.44. The number of carbonyl (C=O) groups is 2. The third-order valence-corrected chi connectivity index (χ3v) is 5.06. The maximum Gasteiger partial charge on any atom is 0.490 e. The summed E-state index contributed by atoms with van der Waals surface area (Å²) in [4.78, 5) is 26.9. The van der Waals surface area contributed by atoms with Gasteiger partial charge in [0.2, 0.25) is 0 Å². The second kappa shape index (κ2) is 8.62. The molecule has 1 saturated carbocycles. The van der Waals surface area contributed by atoms with Crippen molar-refractivity contribution in [2.45, 2.75) is 49.5 Å². The van der Waals surface area contributed by atoms with Crippen molar-refractivity contribution >= 4 is 17.8 Å². The molecule has 2 amide bonds. The summed E-state index contributed by atoms with van der Waals surface area (Å²) in [7, 11) is 0. The summed E-state index contributed by atoms with van der Waals surface area (Å²) < 4.78 is 51.4. The Morgan fingerprint density at radius 3 is 2.60 bits per heavy atom. The average molecular weight is 434 g/mol. The van der Waals surface area contributed by atoms with Crippen LogP contribution in [0.15, 0.2) is 18.3 Å². The molecule has 3 fully saturated rings. The highest BCUT2D eigenvalue weighted by atomic mass is 19.4. The number of hydrogen-bond donors (Lipinski definition) is 3. The zero-order valence-electron chi connectivity index (χ0n) is 15.9. The van der Waals surface area contributed by atoms with E-state index in [2.05, 4.69) is 15.6 Å². The number of amides is 2. The fourth-order valence-electron chi connectivity index (χ4n) is 3.42. The Labute approximate surface area is 169 Å². The Hall–Kier alpha value is -2.63. The number of pyridine rings is 1. The molecule has 1 aliphatic carbocycles. The van der Waals surface area contributed by atoms with Gasteiger partial charge < -0.3 is 25.4 Å². The van der Waals surface area contributed by atoms with Gasteiger partial charge in [-0.05, 0) is 31.4 Å². The first-order chi connectivity index (χ1) is 14.1. The van der Waals surface area contributed by atoms with Crippen molar-refractivity contribution in [3.05, 3.63) is 24.1 Å². The highest BCUT2D eigenvalue weighted by Gasteiger charge is 2.47. The van der Waals surface area contributed by atoms with Crippen molar-refractivity contribution in [3.63, 3.8) is 0 Å². The van der Waals surface area contributed by atoms with Crippen molar-refractivity contribution in [3.8, 4) is 0 Å². The van der Waals surface area contributed by atoms with Crippen LogP contribution >= 0.6 is 0 Å². The van der Waals surface area contributed by atoms with Gasteiger partial charge >= 0.3 is 18.2 Å².